The van der Waals surface area contributed by atoms with Crippen molar-refractivity contribution in [3.8, 4) is 0 Å². The third kappa shape index (κ3) is 2.23. The quantitative estimate of drug-likeness (QED) is 0.744. The highest BCUT2D eigenvalue weighted by atomic mass is 16.3. The summed E-state index contributed by atoms with van der Waals surface area (Å²) in [5.74, 6) is 0. The molecule has 1 aliphatic carbocycles. The first-order chi connectivity index (χ1) is 6.97. The summed E-state index contributed by atoms with van der Waals surface area (Å²) in [6.07, 6.45) is 2.82. The summed E-state index contributed by atoms with van der Waals surface area (Å²) in [7, 11) is 0. The van der Waals surface area contributed by atoms with E-state index in [2.05, 4.69) is 39.0 Å². The van der Waals surface area contributed by atoms with Crippen molar-refractivity contribution >= 4 is 0 Å². The molecule has 1 atom stereocenters. The SMILES string of the molecule is CC(C)(C)Cc1cccc2c1CCC2O. The molecule has 1 unspecified atom stereocenters. The van der Waals surface area contributed by atoms with Gasteiger partial charge in [0.15, 0.2) is 0 Å². The molecule has 1 aromatic rings. The fourth-order valence-corrected chi connectivity index (χ4v) is 2.45. The van der Waals surface area contributed by atoms with Gasteiger partial charge in [0.05, 0.1) is 6.10 Å². The Hall–Kier alpha value is -0.820. The summed E-state index contributed by atoms with van der Waals surface area (Å²) < 4.78 is 0. The Balaban J connectivity index is 2.34. The maximum atomic E-state index is 9.80. The van der Waals surface area contributed by atoms with Gasteiger partial charge in [0.2, 0.25) is 0 Å². The fraction of sp³-hybridized carbons (Fsp3) is 0.571. The van der Waals surface area contributed by atoms with Gasteiger partial charge in [-0.15, -0.1) is 0 Å². The monoisotopic (exact) mass is 204 g/mol. The van der Waals surface area contributed by atoms with E-state index in [1.165, 1.54) is 11.1 Å². The number of fused-ring (bicyclic) bond motifs is 1. The Morgan fingerprint density at radius 3 is 2.73 bits per heavy atom. The molecule has 15 heavy (non-hydrogen) atoms. The molecule has 0 radical (unpaired) electrons. The summed E-state index contributed by atoms with van der Waals surface area (Å²) in [5, 5.41) is 9.80. The van der Waals surface area contributed by atoms with Crippen LogP contribution in [0.15, 0.2) is 18.2 Å². The fourth-order valence-electron chi connectivity index (χ4n) is 2.45. The summed E-state index contributed by atoms with van der Waals surface area (Å²) in [6.45, 7) is 6.79. The minimum Gasteiger partial charge on any atom is -0.388 e. The van der Waals surface area contributed by atoms with Crippen molar-refractivity contribution in [2.45, 2.75) is 46.1 Å². The summed E-state index contributed by atoms with van der Waals surface area (Å²) in [6, 6.07) is 6.36. The van der Waals surface area contributed by atoms with Gasteiger partial charge in [0, 0.05) is 0 Å². The zero-order chi connectivity index (χ0) is 11.1. The van der Waals surface area contributed by atoms with Gasteiger partial charge in [-0.05, 0) is 41.4 Å². The molecule has 0 heterocycles. The van der Waals surface area contributed by atoms with Crippen molar-refractivity contribution in [2.75, 3.05) is 0 Å². The van der Waals surface area contributed by atoms with Gasteiger partial charge in [0.25, 0.3) is 0 Å². The van der Waals surface area contributed by atoms with E-state index >= 15 is 0 Å². The smallest absolute Gasteiger partial charge is 0.0796 e. The van der Waals surface area contributed by atoms with Crippen LogP contribution in [-0.2, 0) is 12.8 Å². The first-order valence-electron chi connectivity index (χ1n) is 5.76. The molecule has 0 aliphatic heterocycles. The van der Waals surface area contributed by atoms with E-state index in [1.807, 2.05) is 0 Å². The van der Waals surface area contributed by atoms with Crippen molar-refractivity contribution in [3.05, 3.63) is 34.9 Å². The van der Waals surface area contributed by atoms with E-state index in [0.717, 1.165) is 24.8 Å². The molecule has 0 amide bonds. The van der Waals surface area contributed by atoms with E-state index in [0.29, 0.717) is 5.41 Å². The van der Waals surface area contributed by atoms with Gasteiger partial charge >= 0.3 is 0 Å². The molecule has 0 spiro atoms. The van der Waals surface area contributed by atoms with E-state index in [9.17, 15) is 5.11 Å². The van der Waals surface area contributed by atoms with Gasteiger partial charge in [-0.25, -0.2) is 0 Å². The summed E-state index contributed by atoms with van der Waals surface area (Å²) in [5.41, 5.74) is 4.32. The summed E-state index contributed by atoms with van der Waals surface area (Å²) in [4.78, 5) is 0. The van der Waals surface area contributed by atoms with Crippen molar-refractivity contribution in [2.24, 2.45) is 5.41 Å². The molecule has 1 aromatic carbocycles. The first-order valence-corrected chi connectivity index (χ1v) is 5.76. The average molecular weight is 204 g/mol. The van der Waals surface area contributed by atoms with Crippen molar-refractivity contribution in [1.82, 2.24) is 0 Å². The standard InChI is InChI=1S/C14H20O/c1-14(2,3)9-10-5-4-6-12-11(10)7-8-13(12)15/h4-6,13,15H,7-9H2,1-3H3. The molecule has 82 valence electrons. The zero-order valence-corrected chi connectivity index (χ0v) is 9.88. The van der Waals surface area contributed by atoms with Crippen LogP contribution in [0.2, 0.25) is 0 Å². The zero-order valence-electron chi connectivity index (χ0n) is 9.88. The molecule has 1 heteroatoms. The highest BCUT2D eigenvalue weighted by Crippen LogP contribution is 2.35. The first kappa shape index (κ1) is 10.7. The molecule has 1 nitrogen and oxygen atoms in total. The third-order valence-electron chi connectivity index (χ3n) is 3.06. The molecule has 0 bridgehead atoms. The predicted molar refractivity (Wildman–Crippen MR) is 62.9 cm³/mol. The van der Waals surface area contributed by atoms with Gasteiger partial charge in [0.1, 0.15) is 0 Å². The Kier molecular flexibility index (Phi) is 2.59. The van der Waals surface area contributed by atoms with Crippen molar-refractivity contribution < 1.29 is 5.11 Å². The van der Waals surface area contributed by atoms with Crippen LogP contribution >= 0.6 is 0 Å². The highest BCUT2D eigenvalue weighted by Gasteiger charge is 2.23. The van der Waals surface area contributed by atoms with Crippen molar-refractivity contribution in [1.29, 1.82) is 0 Å². The van der Waals surface area contributed by atoms with E-state index in [1.54, 1.807) is 0 Å². The van der Waals surface area contributed by atoms with Gasteiger partial charge in [-0.1, -0.05) is 39.0 Å². The Morgan fingerprint density at radius 1 is 1.33 bits per heavy atom. The van der Waals surface area contributed by atoms with Crippen LogP contribution in [0.5, 0.6) is 0 Å². The lowest BCUT2D eigenvalue weighted by molar-refractivity contribution is 0.180. The van der Waals surface area contributed by atoms with Crippen molar-refractivity contribution in [3.63, 3.8) is 0 Å². The Labute approximate surface area is 92.1 Å². The molecule has 0 saturated carbocycles. The molecular weight excluding hydrogens is 184 g/mol. The van der Waals surface area contributed by atoms with E-state index in [-0.39, 0.29) is 6.10 Å². The number of hydrogen-bond donors (Lipinski definition) is 1. The van der Waals surface area contributed by atoms with Crippen LogP contribution in [0.3, 0.4) is 0 Å². The van der Waals surface area contributed by atoms with Gasteiger partial charge < -0.3 is 5.11 Å². The maximum Gasteiger partial charge on any atom is 0.0796 e. The van der Waals surface area contributed by atoms with Crippen LogP contribution in [0.25, 0.3) is 0 Å². The van der Waals surface area contributed by atoms with E-state index < -0.39 is 0 Å². The third-order valence-corrected chi connectivity index (χ3v) is 3.06. The maximum absolute atomic E-state index is 9.80. The number of benzene rings is 1. The number of aliphatic hydroxyl groups is 1. The average Bonchev–Trinajstić information content (AvgIpc) is 2.47. The van der Waals surface area contributed by atoms with Gasteiger partial charge in [-0.2, -0.15) is 0 Å². The Morgan fingerprint density at radius 2 is 2.07 bits per heavy atom. The highest BCUT2D eigenvalue weighted by molar-refractivity contribution is 5.40. The lowest BCUT2D eigenvalue weighted by Gasteiger charge is -2.20. The lowest BCUT2D eigenvalue weighted by atomic mass is 9.85. The Bertz CT molecular complexity index is 360. The van der Waals surface area contributed by atoms with Crippen LogP contribution in [0, 0.1) is 5.41 Å². The molecule has 0 aromatic heterocycles. The molecule has 1 aliphatic rings. The topological polar surface area (TPSA) is 20.2 Å². The normalized spacial score (nSPS) is 20.4. The van der Waals surface area contributed by atoms with Gasteiger partial charge in [-0.3, -0.25) is 0 Å². The largest absolute Gasteiger partial charge is 0.388 e. The second-order valence-electron chi connectivity index (χ2n) is 5.78. The minimum atomic E-state index is -0.222. The second kappa shape index (κ2) is 3.64. The van der Waals surface area contributed by atoms with E-state index in [4.69, 9.17) is 0 Å². The number of hydrogen-bond acceptors (Lipinski definition) is 1. The van der Waals surface area contributed by atoms with Crippen LogP contribution in [-0.4, -0.2) is 5.11 Å². The minimum absolute atomic E-state index is 0.222. The van der Waals surface area contributed by atoms with Crippen LogP contribution in [0.4, 0.5) is 0 Å². The molecule has 1 N–H and O–H groups in total. The van der Waals surface area contributed by atoms with Crippen LogP contribution in [0.1, 0.15) is 50.0 Å². The predicted octanol–water partition coefficient (Wildman–Crippen LogP) is 3.25. The molecular formula is C14H20O. The summed E-state index contributed by atoms with van der Waals surface area (Å²) >= 11 is 0. The lowest BCUT2D eigenvalue weighted by Crippen LogP contribution is -2.11. The molecule has 0 fully saturated rings. The van der Waals surface area contributed by atoms with Crippen LogP contribution < -0.4 is 0 Å². The molecule has 0 saturated heterocycles. The number of rotatable bonds is 1. The second-order valence-corrected chi connectivity index (χ2v) is 5.78. The molecule has 2 rings (SSSR count). The number of aliphatic hydroxyl groups excluding tert-OH is 1.